The van der Waals surface area contributed by atoms with Crippen molar-refractivity contribution < 1.29 is 17.9 Å². The molecule has 5 nitrogen and oxygen atoms in total. The Labute approximate surface area is 154 Å². The summed E-state index contributed by atoms with van der Waals surface area (Å²) in [5, 5.41) is 2.93. The van der Waals surface area contributed by atoms with Crippen molar-refractivity contribution in [2.45, 2.75) is 24.3 Å². The van der Waals surface area contributed by atoms with E-state index in [4.69, 9.17) is 4.74 Å². The van der Waals surface area contributed by atoms with E-state index >= 15 is 0 Å². The van der Waals surface area contributed by atoms with Crippen molar-refractivity contribution in [2.24, 2.45) is 0 Å². The van der Waals surface area contributed by atoms with Crippen LogP contribution in [-0.4, -0.2) is 27.7 Å². The van der Waals surface area contributed by atoms with Crippen LogP contribution in [0.3, 0.4) is 0 Å². The number of benzene rings is 2. The first-order valence-electron chi connectivity index (χ1n) is 8.26. The molecule has 0 bridgehead atoms. The van der Waals surface area contributed by atoms with Crippen LogP contribution in [-0.2, 0) is 14.6 Å². The Hall–Kier alpha value is -2.60. The van der Waals surface area contributed by atoms with Crippen LogP contribution in [0.1, 0.15) is 30.5 Å². The molecule has 26 heavy (non-hydrogen) atoms. The van der Waals surface area contributed by atoms with Crippen LogP contribution < -0.4 is 10.1 Å². The topological polar surface area (TPSA) is 72.5 Å². The Morgan fingerprint density at radius 1 is 1.12 bits per heavy atom. The van der Waals surface area contributed by atoms with Gasteiger partial charge in [-0.25, -0.2) is 8.42 Å². The molecular weight excluding hydrogens is 350 g/mol. The second-order valence-electron chi connectivity index (χ2n) is 5.92. The van der Waals surface area contributed by atoms with Gasteiger partial charge in [0.15, 0.2) is 9.84 Å². The number of hydrogen-bond donors (Lipinski definition) is 1. The zero-order valence-electron chi connectivity index (χ0n) is 15.1. The Kier molecular flexibility index (Phi) is 6.58. The predicted octanol–water partition coefficient (Wildman–Crippen LogP) is 3.38. The number of amides is 1. The van der Waals surface area contributed by atoms with Crippen LogP contribution in [0, 0.1) is 0 Å². The van der Waals surface area contributed by atoms with E-state index in [-0.39, 0.29) is 16.8 Å². The highest BCUT2D eigenvalue weighted by Crippen LogP contribution is 2.19. The van der Waals surface area contributed by atoms with Crippen LogP contribution in [0.4, 0.5) is 0 Å². The predicted molar refractivity (Wildman–Crippen MR) is 103 cm³/mol. The largest absolute Gasteiger partial charge is 0.497 e. The SMILES string of the molecule is CC[C@H](NC(=O)/C=C/c1ccc(OC)cc1)c1ccc(S(C)(=O)=O)cc1. The summed E-state index contributed by atoms with van der Waals surface area (Å²) < 4.78 is 28.2. The summed E-state index contributed by atoms with van der Waals surface area (Å²) in [5.74, 6) is 0.551. The van der Waals surface area contributed by atoms with E-state index in [2.05, 4.69) is 5.32 Å². The summed E-state index contributed by atoms with van der Waals surface area (Å²) >= 11 is 0. The van der Waals surface area contributed by atoms with Gasteiger partial charge in [-0.05, 0) is 47.9 Å². The Morgan fingerprint density at radius 2 is 1.73 bits per heavy atom. The van der Waals surface area contributed by atoms with Gasteiger partial charge >= 0.3 is 0 Å². The number of carbonyl (C=O) groups excluding carboxylic acids is 1. The van der Waals surface area contributed by atoms with Crippen molar-refractivity contribution in [3.63, 3.8) is 0 Å². The van der Waals surface area contributed by atoms with Gasteiger partial charge < -0.3 is 10.1 Å². The molecule has 0 aromatic heterocycles. The van der Waals surface area contributed by atoms with Gasteiger partial charge in [-0.1, -0.05) is 31.2 Å². The van der Waals surface area contributed by atoms with Crippen LogP contribution >= 0.6 is 0 Å². The number of nitrogens with one attached hydrogen (secondary N) is 1. The molecule has 0 aliphatic carbocycles. The smallest absolute Gasteiger partial charge is 0.244 e. The molecular formula is C20H23NO4S. The maximum atomic E-state index is 12.2. The third kappa shape index (κ3) is 5.46. The van der Waals surface area contributed by atoms with Crippen molar-refractivity contribution in [3.05, 3.63) is 65.7 Å². The first kappa shape index (κ1) is 19.7. The van der Waals surface area contributed by atoms with Gasteiger partial charge in [0.05, 0.1) is 18.0 Å². The summed E-state index contributed by atoms with van der Waals surface area (Å²) in [7, 11) is -1.62. The van der Waals surface area contributed by atoms with E-state index in [0.717, 1.165) is 16.9 Å². The molecule has 1 atom stereocenters. The summed E-state index contributed by atoms with van der Waals surface area (Å²) in [4.78, 5) is 12.5. The Bertz CT molecular complexity index is 869. The normalized spacial score (nSPS) is 12.7. The minimum atomic E-state index is -3.23. The second kappa shape index (κ2) is 8.67. The van der Waals surface area contributed by atoms with E-state index in [0.29, 0.717) is 6.42 Å². The molecule has 138 valence electrons. The van der Waals surface area contributed by atoms with Gasteiger partial charge in [0.1, 0.15) is 5.75 Å². The minimum Gasteiger partial charge on any atom is -0.497 e. The number of carbonyl (C=O) groups is 1. The summed E-state index contributed by atoms with van der Waals surface area (Å²) in [6.07, 6.45) is 5.08. The number of methoxy groups -OCH3 is 1. The Morgan fingerprint density at radius 3 is 2.23 bits per heavy atom. The average Bonchev–Trinajstić information content (AvgIpc) is 2.64. The Balaban J connectivity index is 2.04. The van der Waals surface area contributed by atoms with E-state index in [1.54, 1.807) is 37.5 Å². The number of ether oxygens (including phenoxy) is 1. The van der Waals surface area contributed by atoms with Crippen LogP contribution in [0.15, 0.2) is 59.5 Å². The molecule has 2 aromatic carbocycles. The fourth-order valence-electron chi connectivity index (χ4n) is 2.48. The van der Waals surface area contributed by atoms with Gasteiger partial charge in [0.25, 0.3) is 0 Å². The van der Waals surface area contributed by atoms with Gasteiger partial charge in [0.2, 0.25) is 5.91 Å². The minimum absolute atomic E-state index is 0.184. The maximum absolute atomic E-state index is 12.2. The number of hydrogen-bond acceptors (Lipinski definition) is 4. The van der Waals surface area contributed by atoms with Crippen molar-refractivity contribution in [1.29, 1.82) is 0 Å². The van der Waals surface area contributed by atoms with E-state index in [9.17, 15) is 13.2 Å². The average molecular weight is 373 g/mol. The molecule has 1 N–H and O–H groups in total. The molecule has 0 saturated carbocycles. The van der Waals surface area contributed by atoms with Gasteiger partial charge in [0, 0.05) is 12.3 Å². The van der Waals surface area contributed by atoms with Gasteiger partial charge in [-0.15, -0.1) is 0 Å². The number of rotatable bonds is 7. The fraction of sp³-hybridized carbons (Fsp3) is 0.250. The fourth-order valence-corrected chi connectivity index (χ4v) is 3.11. The molecule has 0 radical (unpaired) electrons. The lowest BCUT2D eigenvalue weighted by molar-refractivity contribution is -0.117. The van der Waals surface area contributed by atoms with Crippen molar-refractivity contribution in [2.75, 3.05) is 13.4 Å². The molecule has 6 heteroatoms. The summed E-state index contributed by atoms with van der Waals surface area (Å²) in [6, 6.07) is 13.8. The van der Waals surface area contributed by atoms with E-state index < -0.39 is 9.84 Å². The highest BCUT2D eigenvalue weighted by atomic mass is 32.2. The molecule has 0 heterocycles. The second-order valence-corrected chi connectivity index (χ2v) is 7.93. The third-order valence-corrected chi connectivity index (χ3v) is 5.11. The molecule has 0 fully saturated rings. The maximum Gasteiger partial charge on any atom is 0.244 e. The van der Waals surface area contributed by atoms with Crippen molar-refractivity contribution in [3.8, 4) is 5.75 Å². The molecule has 0 aliphatic heterocycles. The first-order valence-corrected chi connectivity index (χ1v) is 10.1. The van der Waals surface area contributed by atoms with Crippen molar-refractivity contribution >= 4 is 21.8 Å². The molecule has 0 saturated heterocycles. The first-order chi connectivity index (χ1) is 12.3. The third-order valence-electron chi connectivity index (χ3n) is 3.98. The zero-order valence-corrected chi connectivity index (χ0v) is 15.9. The zero-order chi connectivity index (χ0) is 19.2. The molecule has 1 amide bonds. The van der Waals surface area contributed by atoms with Gasteiger partial charge in [-0.2, -0.15) is 0 Å². The van der Waals surface area contributed by atoms with E-state index in [1.807, 2.05) is 31.2 Å². The van der Waals surface area contributed by atoms with Crippen LogP contribution in [0.5, 0.6) is 5.75 Å². The molecule has 2 aromatic rings. The molecule has 0 spiro atoms. The summed E-state index contributed by atoms with van der Waals surface area (Å²) in [5.41, 5.74) is 1.76. The number of sulfone groups is 1. The lowest BCUT2D eigenvalue weighted by atomic mass is 10.0. The van der Waals surface area contributed by atoms with Crippen LogP contribution in [0.25, 0.3) is 6.08 Å². The highest BCUT2D eigenvalue weighted by Gasteiger charge is 2.13. The van der Waals surface area contributed by atoms with Gasteiger partial charge in [-0.3, -0.25) is 4.79 Å². The molecule has 0 aliphatic rings. The van der Waals surface area contributed by atoms with E-state index in [1.165, 1.54) is 12.3 Å². The standard InChI is InChI=1S/C20H23NO4S/c1-4-19(16-8-12-18(13-9-16)26(3,23)24)21-20(22)14-7-15-5-10-17(25-2)11-6-15/h5-14,19H,4H2,1-3H3,(H,21,22)/b14-7+/t19-/m0/s1. The lowest BCUT2D eigenvalue weighted by Gasteiger charge is -2.16. The quantitative estimate of drug-likeness (QED) is 0.755. The monoisotopic (exact) mass is 373 g/mol. The van der Waals surface area contributed by atoms with Crippen molar-refractivity contribution in [1.82, 2.24) is 5.32 Å². The van der Waals surface area contributed by atoms with Crippen LogP contribution in [0.2, 0.25) is 0 Å². The molecule has 2 rings (SSSR count). The highest BCUT2D eigenvalue weighted by molar-refractivity contribution is 7.90. The molecule has 0 unspecified atom stereocenters. The lowest BCUT2D eigenvalue weighted by Crippen LogP contribution is -2.26. The summed E-state index contributed by atoms with van der Waals surface area (Å²) in [6.45, 7) is 1.96.